The minimum Gasteiger partial charge on any atom is -0.481 e. The molecule has 4 aliphatic carbocycles. The largest absolute Gasteiger partial charge is 0.481 e. The fraction of sp³-hybridized carbons (Fsp3) is 0.976. The minimum atomic E-state index is -0.677. The lowest BCUT2D eigenvalue weighted by Gasteiger charge is -2.58. The van der Waals surface area contributed by atoms with Crippen molar-refractivity contribution < 1.29 is 38.7 Å². The molecule has 0 aromatic rings. The monoisotopic (exact) mass is 703 g/mol. The first-order valence-electron chi connectivity index (χ1n) is 21.0. The maximum atomic E-state index is 11.6. The average Bonchev–Trinajstić information content (AvgIpc) is 3.54. The van der Waals surface area contributed by atoms with Crippen LogP contribution >= 0.6 is 0 Å². The van der Waals surface area contributed by atoms with E-state index in [1.807, 2.05) is 0 Å². The molecule has 7 aliphatic rings. The number of unbranched alkanes of at least 4 members (excludes halogenated alkanes) is 1. The zero-order valence-electron chi connectivity index (χ0n) is 32.2. The highest BCUT2D eigenvalue weighted by Crippen LogP contribution is 2.65. The van der Waals surface area contributed by atoms with Crippen molar-refractivity contribution in [3.63, 3.8) is 0 Å². The molecular formula is C42H70O8. The second kappa shape index (κ2) is 14.8. The Kier molecular flexibility index (Phi) is 11.1. The molecule has 3 saturated heterocycles. The van der Waals surface area contributed by atoms with Gasteiger partial charge < -0.3 is 33.9 Å². The molecule has 17 atom stereocenters. The van der Waals surface area contributed by atoms with Crippen molar-refractivity contribution >= 4 is 5.97 Å². The van der Waals surface area contributed by atoms with E-state index in [0.29, 0.717) is 60.6 Å². The number of fused-ring (bicyclic) bond motifs is 4. The van der Waals surface area contributed by atoms with E-state index in [1.54, 1.807) is 0 Å². The van der Waals surface area contributed by atoms with Gasteiger partial charge >= 0.3 is 5.97 Å². The first-order chi connectivity index (χ1) is 23.9. The van der Waals surface area contributed by atoms with Crippen molar-refractivity contribution in [2.24, 2.45) is 64.6 Å². The number of carbonyl (C=O) groups is 1. The topological polar surface area (TPSA) is 104 Å². The molecule has 3 aliphatic heterocycles. The molecule has 2 N–H and O–H groups in total. The van der Waals surface area contributed by atoms with Gasteiger partial charge in [0.05, 0.1) is 25.4 Å². The molecule has 286 valence electrons. The lowest BCUT2D eigenvalue weighted by molar-refractivity contribution is -0.338. The van der Waals surface area contributed by atoms with E-state index in [-0.39, 0.29) is 54.1 Å². The fourth-order valence-electron chi connectivity index (χ4n) is 13.6. The summed E-state index contributed by atoms with van der Waals surface area (Å²) in [5.41, 5.74) is -0.0638. The summed E-state index contributed by atoms with van der Waals surface area (Å²) in [6, 6.07) is 0. The predicted octanol–water partition coefficient (Wildman–Crippen LogP) is 8.58. The van der Waals surface area contributed by atoms with Crippen LogP contribution < -0.4 is 0 Å². The summed E-state index contributed by atoms with van der Waals surface area (Å²) in [5.74, 6) is 3.74. The van der Waals surface area contributed by atoms with Crippen molar-refractivity contribution in [3.05, 3.63) is 0 Å². The summed E-state index contributed by atoms with van der Waals surface area (Å²) in [6.45, 7) is 14.8. The summed E-state index contributed by atoms with van der Waals surface area (Å²) < 4.78 is 33.1. The van der Waals surface area contributed by atoms with E-state index in [0.717, 1.165) is 64.2 Å². The van der Waals surface area contributed by atoms with Gasteiger partial charge in [0.2, 0.25) is 0 Å². The van der Waals surface area contributed by atoms with Crippen molar-refractivity contribution in [1.29, 1.82) is 0 Å². The van der Waals surface area contributed by atoms with Crippen LogP contribution in [0.15, 0.2) is 0 Å². The van der Waals surface area contributed by atoms with Crippen molar-refractivity contribution in [3.8, 4) is 0 Å². The Morgan fingerprint density at radius 1 is 0.960 bits per heavy atom. The molecular weight excluding hydrogens is 632 g/mol. The standard InChI is InChI=1S/C42H70O8/c1-7-8-9-30(23-29-22-28-16-18-40(5)32(25(2)11-15-37(44)45)13-14-35(40)31(28)24-36(29)43)46-20-21-47-38-27(4)34-12-10-26(3)33-17-19-41(6)49-39(48-38)42(33,34)50-41/h25-36,38-39,43H,7-24H2,1-6H3,(H,44,45)/t25-,26-,27-,28?,29?,30-,31?,32?,33?,34?,35?,36+,38?,39?,40-,41-,42?/m1/s1. The number of rotatable bonds is 14. The van der Waals surface area contributed by atoms with E-state index >= 15 is 0 Å². The van der Waals surface area contributed by atoms with Crippen LogP contribution in [0.2, 0.25) is 0 Å². The number of carboxylic acids is 1. The van der Waals surface area contributed by atoms with Crippen LogP contribution in [0.1, 0.15) is 144 Å². The first kappa shape index (κ1) is 37.5. The van der Waals surface area contributed by atoms with E-state index in [9.17, 15) is 15.0 Å². The van der Waals surface area contributed by atoms with Crippen LogP contribution in [-0.2, 0) is 28.5 Å². The van der Waals surface area contributed by atoms with Crippen molar-refractivity contribution in [2.45, 2.75) is 180 Å². The Morgan fingerprint density at radius 2 is 1.76 bits per heavy atom. The van der Waals surface area contributed by atoms with Gasteiger partial charge in [-0.2, -0.15) is 0 Å². The third-order valence-electron chi connectivity index (χ3n) is 16.1. The first-order valence-corrected chi connectivity index (χ1v) is 21.0. The second-order valence-corrected chi connectivity index (χ2v) is 18.9. The molecule has 0 radical (unpaired) electrons. The molecule has 7 rings (SSSR count). The molecule has 1 spiro atoms. The van der Waals surface area contributed by atoms with Crippen LogP contribution in [0, 0.1) is 64.6 Å². The third-order valence-corrected chi connectivity index (χ3v) is 16.1. The van der Waals surface area contributed by atoms with Gasteiger partial charge in [-0.15, -0.1) is 0 Å². The smallest absolute Gasteiger partial charge is 0.303 e. The third kappa shape index (κ3) is 6.76. The zero-order chi connectivity index (χ0) is 35.4. The highest BCUT2D eigenvalue weighted by atomic mass is 16.9. The number of aliphatic hydroxyl groups excluding tert-OH is 1. The molecule has 0 aromatic carbocycles. The molecule has 10 unspecified atom stereocenters. The number of aliphatic hydroxyl groups is 1. The van der Waals surface area contributed by atoms with Gasteiger partial charge in [0, 0.05) is 24.7 Å². The molecule has 0 amide bonds. The summed E-state index contributed by atoms with van der Waals surface area (Å²) in [5, 5.41) is 20.9. The van der Waals surface area contributed by atoms with Gasteiger partial charge in [-0.1, -0.05) is 47.5 Å². The molecule has 8 heteroatoms. The summed E-state index contributed by atoms with van der Waals surface area (Å²) in [7, 11) is 0. The Bertz CT molecular complexity index is 1180. The SMILES string of the molecule is CCCC[C@H](CC1CC2CC[C@@]3(C)C(CCC3[C@H](C)CCC(=O)O)C2C[C@@H]1O)OCCOC1OC2O[C@@]3(C)CCC4[C@H](C)CCC([C@H]1C)C24O3. The second-order valence-electron chi connectivity index (χ2n) is 18.9. The number of hydrogen-bond acceptors (Lipinski definition) is 7. The molecule has 0 aromatic heterocycles. The zero-order valence-corrected chi connectivity index (χ0v) is 32.2. The predicted molar refractivity (Wildman–Crippen MR) is 191 cm³/mol. The number of ether oxygens (including phenoxy) is 5. The van der Waals surface area contributed by atoms with Gasteiger partial charge in [-0.3, -0.25) is 4.79 Å². The number of hydrogen-bond donors (Lipinski definition) is 2. The summed E-state index contributed by atoms with van der Waals surface area (Å²) in [6.07, 6.45) is 15.9. The lowest BCUT2D eigenvalue weighted by atomic mass is 9.52. The molecule has 8 nitrogen and oxygen atoms in total. The molecule has 2 bridgehead atoms. The van der Waals surface area contributed by atoms with Crippen LogP contribution in [0.5, 0.6) is 0 Å². The van der Waals surface area contributed by atoms with E-state index in [2.05, 4.69) is 41.5 Å². The van der Waals surface area contributed by atoms with E-state index in [4.69, 9.17) is 23.7 Å². The quantitative estimate of drug-likeness (QED) is 0.174. The molecule has 50 heavy (non-hydrogen) atoms. The lowest BCUT2D eigenvalue weighted by Crippen LogP contribution is -2.66. The number of carboxylic acid groups (broad SMARTS) is 1. The molecule has 7 fully saturated rings. The molecule has 3 heterocycles. The van der Waals surface area contributed by atoms with E-state index in [1.165, 1.54) is 32.1 Å². The number of aliphatic carboxylic acids is 1. The Labute approximate surface area is 302 Å². The Morgan fingerprint density at radius 3 is 2.54 bits per heavy atom. The minimum absolute atomic E-state index is 0.133. The van der Waals surface area contributed by atoms with Gasteiger partial charge in [-0.25, -0.2) is 0 Å². The molecule has 4 saturated carbocycles. The van der Waals surface area contributed by atoms with Crippen LogP contribution in [0.3, 0.4) is 0 Å². The van der Waals surface area contributed by atoms with Crippen molar-refractivity contribution in [1.82, 2.24) is 0 Å². The maximum absolute atomic E-state index is 11.6. The Balaban J connectivity index is 0.917. The van der Waals surface area contributed by atoms with Gasteiger partial charge in [0.1, 0.15) is 5.60 Å². The summed E-state index contributed by atoms with van der Waals surface area (Å²) in [4.78, 5) is 11.3. The highest BCUT2D eigenvalue weighted by Gasteiger charge is 2.71. The maximum Gasteiger partial charge on any atom is 0.303 e. The van der Waals surface area contributed by atoms with Gasteiger partial charge in [-0.05, 0) is 137 Å². The Hall–Kier alpha value is -0.770. The van der Waals surface area contributed by atoms with E-state index < -0.39 is 11.8 Å². The highest BCUT2D eigenvalue weighted by molar-refractivity contribution is 5.66. The van der Waals surface area contributed by atoms with Crippen LogP contribution in [0.4, 0.5) is 0 Å². The van der Waals surface area contributed by atoms with Gasteiger partial charge in [0.15, 0.2) is 18.4 Å². The van der Waals surface area contributed by atoms with Crippen LogP contribution in [-0.4, -0.2) is 65.6 Å². The van der Waals surface area contributed by atoms with Gasteiger partial charge in [0.25, 0.3) is 0 Å². The van der Waals surface area contributed by atoms with Crippen LogP contribution in [0.25, 0.3) is 0 Å². The fourth-order valence-corrected chi connectivity index (χ4v) is 13.6. The van der Waals surface area contributed by atoms with Crippen molar-refractivity contribution in [2.75, 3.05) is 13.2 Å². The average molecular weight is 703 g/mol. The summed E-state index contributed by atoms with van der Waals surface area (Å²) >= 11 is 0. The normalized spacial score (nSPS) is 49.1.